The Morgan fingerprint density at radius 1 is 1.50 bits per heavy atom. The zero-order chi connectivity index (χ0) is 14.7. The number of esters is 1. The van der Waals surface area contributed by atoms with Crippen molar-refractivity contribution in [3.8, 4) is 0 Å². The minimum absolute atomic E-state index is 0.411. The molecule has 6 heteroatoms. The molecule has 1 atom stereocenters. The van der Waals surface area contributed by atoms with Crippen LogP contribution >= 0.6 is 23.4 Å². The molecule has 1 heterocycles. The van der Waals surface area contributed by atoms with Gasteiger partial charge in [-0.25, -0.2) is 0 Å². The van der Waals surface area contributed by atoms with E-state index in [9.17, 15) is 4.79 Å². The predicted octanol–water partition coefficient (Wildman–Crippen LogP) is 2.79. The summed E-state index contributed by atoms with van der Waals surface area (Å²) >= 11 is 7.53. The number of aromatic nitrogens is 1. The van der Waals surface area contributed by atoms with Crippen LogP contribution in [0.3, 0.4) is 0 Å². The summed E-state index contributed by atoms with van der Waals surface area (Å²) in [6.07, 6.45) is 0. The molecular formula is C14H15ClN2O2S. The summed E-state index contributed by atoms with van der Waals surface area (Å²) in [5.74, 6) is 0.0307. The van der Waals surface area contributed by atoms with Crippen molar-refractivity contribution in [1.29, 1.82) is 0 Å². The molecule has 1 aromatic carbocycles. The molecule has 0 amide bonds. The molecule has 0 aliphatic carbocycles. The summed E-state index contributed by atoms with van der Waals surface area (Å²) in [5, 5.41) is 1.62. The third-order valence-electron chi connectivity index (χ3n) is 2.78. The number of pyridine rings is 1. The van der Waals surface area contributed by atoms with E-state index in [0.29, 0.717) is 10.8 Å². The molecule has 2 rings (SSSR count). The van der Waals surface area contributed by atoms with Crippen LogP contribution in [0.2, 0.25) is 5.02 Å². The fraction of sp³-hybridized carbons (Fsp3) is 0.286. The Balaban J connectivity index is 2.29. The molecule has 0 bridgehead atoms. The monoisotopic (exact) mass is 310 g/mol. The van der Waals surface area contributed by atoms with Gasteiger partial charge in [0.05, 0.1) is 12.6 Å². The highest BCUT2D eigenvalue weighted by Crippen LogP contribution is 2.30. The minimum Gasteiger partial charge on any atom is -0.468 e. The van der Waals surface area contributed by atoms with Crippen LogP contribution in [0.15, 0.2) is 29.2 Å². The van der Waals surface area contributed by atoms with E-state index in [4.69, 9.17) is 17.3 Å². The summed E-state index contributed by atoms with van der Waals surface area (Å²) in [4.78, 5) is 16.8. The van der Waals surface area contributed by atoms with E-state index in [2.05, 4.69) is 9.72 Å². The molecule has 1 aromatic heterocycles. The van der Waals surface area contributed by atoms with Gasteiger partial charge in [-0.3, -0.25) is 9.78 Å². The lowest BCUT2D eigenvalue weighted by Gasteiger charge is -2.11. The Labute approximate surface area is 126 Å². The minimum atomic E-state index is -0.646. The van der Waals surface area contributed by atoms with Crippen molar-refractivity contribution in [2.24, 2.45) is 5.73 Å². The smallest absolute Gasteiger partial charge is 0.323 e. The van der Waals surface area contributed by atoms with Crippen molar-refractivity contribution < 1.29 is 9.53 Å². The van der Waals surface area contributed by atoms with Crippen molar-refractivity contribution in [3.05, 3.63) is 35.0 Å². The topological polar surface area (TPSA) is 65.2 Å². The highest BCUT2D eigenvalue weighted by atomic mass is 35.5. The Kier molecular flexibility index (Phi) is 4.86. The standard InChI is InChI=1S/C14H15ClN2O2S/c1-8-5-13(20-7-11(16)14(18)19-2)10-6-9(15)3-4-12(10)17-8/h3-6,11H,7,16H2,1-2H3. The molecule has 0 saturated carbocycles. The van der Waals surface area contributed by atoms with E-state index in [1.807, 2.05) is 31.2 Å². The number of hydrogen-bond donors (Lipinski definition) is 1. The van der Waals surface area contributed by atoms with E-state index in [1.54, 1.807) is 0 Å². The molecule has 2 N–H and O–H groups in total. The van der Waals surface area contributed by atoms with E-state index in [0.717, 1.165) is 21.5 Å². The van der Waals surface area contributed by atoms with Gasteiger partial charge in [-0.2, -0.15) is 0 Å². The lowest BCUT2D eigenvalue weighted by Crippen LogP contribution is -2.33. The molecule has 0 fully saturated rings. The van der Waals surface area contributed by atoms with E-state index in [1.165, 1.54) is 18.9 Å². The lowest BCUT2D eigenvalue weighted by molar-refractivity contribution is -0.141. The van der Waals surface area contributed by atoms with Gasteiger partial charge in [-0.1, -0.05) is 11.6 Å². The number of fused-ring (bicyclic) bond motifs is 1. The molecule has 106 valence electrons. The molecular weight excluding hydrogens is 296 g/mol. The molecule has 4 nitrogen and oxygen atoms in total. The Bertz CT molecular complexity index is 648. The molecule has 0 saturated heterocycles. The van der Waals surface area contributed by atoms with E-state index in [-0.39, 0.29) is 0 Å². The molecule has 1 unspecified atom stereocenters. The fourth-order valence-electron chi connectivity index (χ4n) is 1.81. The molecule has 20 heavy (non-hydrogen) atoms. The van der Waals surface area contributed by atoms with Crippen LogP contribution in [0.4, 0.5) is 0 Å². The van der Waals surface area contributed by atoms with E-state index >= 15 is 0 Å². The average molecular weight is 311 g/mol. The number of carbonyl (C=O) groups is 1. The highest BCUT2D eigenvalue weighted by molar-refractivity contribution is 7.99. The Hall–Kier alpha value is -1.30. The van der Waals surface area contributed by atoms with Gasteiger partial charge < -0.3 is 10.5 Å². The fourth-order valence-corrected chi connectivity index (χ4v) is 3.05. The van der Waals surface area contributed by atoms with Crippen molar-refractivity contribution >= 4 is 40.2 Å². The van der Waals surface area contributed by atoms with Crippen molar-refractivity contribution in [2.45, 2.75) is 17.9 Å². The average Bonchev–Trinajstić information content (AvgIpc) is 2.44. The number of hydrogen-bond acceptors (Lipinski definition) is 5. The maximum absolute atomic E-state index is 11.3. The first-order valence-electron chi connectivity index (χ1n) is 6.04. The quantitative estimate of drug-likeness (QED) is 0.695. The van der Waals surface area contributed by atoms with E-state index < -0.39 is 12.0 Å². The van der Waals surface area contributed by atoms with Gasteiger partial charge in [0, 0.05) is 26.8 Å². The number of ether oxygens (including phenoxy) is 1. The number of carbonyl (C=O) groups excluding carboxylic acids is 1. The number of aryl methyl sites for hydroxylation is 1. The van der Waals surface area contributed by atoms with Crippen molar-refractivity contribution in [1.82, 2.24) is 4.98 Å². The second kappa shape index (κ2) is 6.43. The number of nitrogens with two attached hydrogens (primary N) is 1. The summed E-state index contributed by atoms with van der Waals surface area (Å²) < 4.78 is 4.62. The van der Waals surface area contributed by atoms with Crippen LogP contribution in [0.5, 0.6) is 0 Å². The zero-order valence-electron chi connectivity index (χ0n) is 11.2. The third kappa shape index (κ3) is 3.42. The number of halogens is 1. The largest absolute Gasteiger partial charge is 0.468 e. The van der Waals surface area contributed by atoms with Crippen LogP contribution in [-0.4, -0.2) is 29.9 Å². The third-order valence-corrected chi connectivity index (χ3v) is 4.19. The van der Waals surface area contributed by atoms with Gasteiger partial charge in [0.25, 0.3) is 0 Å². The van der Waals surface area contributed by atoms with Crippen LogP contribution < -0.4 is 5.73 Å². The predicted molar refractivity (Wildman–Crippen MR) is 82.2 cm³/mol. The molecule has 0 aliphatic heterocycles. The van der Waals surface area contributed by atoms with Crippen molar-refractivity contribution in [2.75, 3.05) is 12.9 Å². The van der Waals surface area contributed by atoms with Crippen LogP contribution in [0.25, 0.3) is 10.9 Å². The summed E-state index contributed by atoms with van der Waals surface area (Å²) in [6.45, 7) is 1.93. The highest BCUT2D eigenvalue weighted by Gasteiger charge is 2.15. The lowest BCUT2D eigenvalue weighted by atomic mass is 10.2. The van der Waals surface area contributed by atoms with Gasteiger partial charge in [-0.05, 0) is 31.2 Å². The summed E-state index contributed by atoms with van der Waals surface area (Å²) in [7, 11) is 1.33. The number of thioether (sulfide) groups is 1. The second-order valence-corrected chi connectivity index (χ2v) is 5.86. The van der Waals surface area contributed by atoms with Gasteiger partial charge in [0.1, 0.15) is 6.04 Å². The Morgan fingerprint density at radius 2 is 2.25 bits per heavy atom. The maximum Gasteiger partial charge on any atom is 0.323 e. The first-order valence-corrected chi connectivity index (χ1v) is 7.40. The zero-order valence-corrected chi connectivity index (χ0v) is 12.8. The number of rotatable bonds is 4. The second-order valence-electron chi connectivity index (χ2n) is 4.36. The van der Waals surface area contributed by atoms with Crippen LogP contribution in [0, 0.1) is 6.92 Å². The van der Waals surface area contributed by atoms with Gasteiger partial charge in [-0.15, -0.1) is 11.8 Å². The number of nitrogens with zero attached hydrogens (tertiary/aromatic N) is 1. The summed E-state index contributed by atoms with van der Waals surface area (Å²) in [6, 6.07) is 6.88. The normalized spacial score (nSPS) is 12.4. The number of benzene rings is 1. The first kappa shape index (κ1) is 15.1. The Morgan fingerprint density at radius 3 is 2.95 bits per heavy atom. The van der Waals surface area contributed by atoms with Gasteiger partial charge >= 0.3 is 5.97 Å². The van der Waals surface area contributed by atoms with Gasteiger partial charge in [0.15, 0.2) is 0 Å². The maximum atomic E-state index is 11.3. The molecule has 2 aromatic rings. The van der Waals surface area contributed by atoms with Crippen molar-refractivity contribution in [3.63, 3.8) is 0 Å². The first-order chi connectivity index (χ1) is 9.51. The summed E-state index contributed by atoms with van der Waals surface area (Å²) in [5.41, 5.74) is 7.54. The molecule has 0 spiro atoms. The van der Waals surface area contributed by atoms with Crippen LogP contribution in [-0.2, 0) is 9.53 Å². The molecule has 0 aliphatic rings. The molecule has 0 radical (unpaired) electrons. The SMILES string of the molecule is COC(=O)C(N)CSc1cc(C)nc2ccc(Cl)cc12. The van der Waals surface area contributed by atoms with Gasteiger partial charge in [0.2, 0.25) is 0 Å². The van der Waals surface area contributed by atoms with Crippen LogP contribution in [0.1, 0.15) is 5.69 Å². The number of methoxy groups -OCH3 is 1.